The van der Waals surface area contributed by atoms with Crippen molar-refractivity contribution in [3.8, 4) is 11.1 Å². The van der Waals surface area contributed by atoms with Crippen molar-refractivity contribution in [2.24, 2.45) is 21.5 Å². The molecule has 4 N–H and O–H groups in total. The molecule has 0 aromatic heterocycles. The highest BCUT2D eigenvalue weighted by atomic mass is 15.4. The highest BCUT2D eigenvalue weighted by molar-refractivity contribution is 6.05. The molecule has 4 rings (SSSR count). The van der Waals surface area contributed by atoms with Gasteiger partial charge in [-0.05, 0) is 73.9 Å². The smallest absolute Gasteiger partial charge is 0.220 e. The summed E-state index contributed by atoms with van der Waals surface area (Å²) in [5.41, 5.74) is 17.9. The van der Waals surface area contributed by atoms with Gasteiger partial charge in [0.15, 0.2) is 0 Å². The first-order valence-corrected chi connectivity index (χ1v) is 9.66. The van der Waals surface area contributed by atoms with Gasteiger partial charge >= 0.3 is 0 Å². The van der Waals surface area contributed by atoms with Gasteiger partial charge in [0, 0.05) is 5.69 Å². The second-order valence-corrected chi connectivity index (χ2v) is 7.67. The van der Waals surface area contributed by atoms with Crippen LogP contribution in [0.1, 0.15) is 43.2 Å². The standard InChI is InChI=1S/C22H27N5/c1-15-9-10-18(13-16(15)2)17-7-6-8-19(14-17)27-21(24)25-20(23)26-22(27)11-4-3-5-12-22/h6-10,13-14H,3-5,11-12H2,1-2H3,(H4,23,24,25,26). The summed E-state index contributed by atoms with van der Waals surface area (Å²) in [5, 5.41) is 0. The van der Waals surface area contributed by atoms with Crippen molar-refractivity contribution < 1.29 is 0 Å². The van der Waals surface area contributed by atoms with Gasteiger partial charge in [0.25, 0.3) is 0 Å². The Bertz CT molecular complexity index is 922. The van der Waals surface area contributed by atoms with Crippen LogP contribution in [0.15, 0.2) is 52.4 Å². The maximum absolute atomic E-state index is 6.35. The number of nitrogens with two attached hydrogens (primary N) is 2. The number of hydrogen-bond donors (Lipinski definition) is 2. The van der Waals surface area contributed by atoms with Crippen molar-refractivity contribution in [2.75, 3.05) is 4.90 Å². The largest absolute Gasteiger partial charge is 0.369 e. The third-order valence-electron chi connectivity index (χ3n) is 5.80. The van der Waals surface area contributed by atoms with Crippen molar-refractivity contribution in [3.63, 3.8) is 0 Å². The van der Waals surface area contributed by atoms with E-state index in [2.05, 4.69) is 66.2 Å². The molecule has 0 atom stereocenters. The predicted molar refractivity (Wildman–Crippen MR) is 113 cm³/mol. The molecule has 27 heavy (non-hydrogen) atoms. The van der Waals surface area contributed by atoms with E-state index in [0.717, 1.165) is 36.9 Å². The van der Waals surface area contributed by atoms with Gasteiger partial charge in [-0.15, -0.1) is 0 Å². The molecule has 1 aliphatic heterocycles. The summed E-state index contributed by atoms with van der Waals surface area (Å²) in [6.45, 7) is 4.28. The Morgan fingerprint density at radius 2 is 1.63 bits per heavy atom. The number of rotatable bonds is 2. The minimum atomic E-state index is -0.407. The zero-order valence-electron chi connectivity index (χ0n) is 16.1. The summed E-state index contributed by atoms with van der Waals surface area (Å²) in [6.07, 6.45) is 5.36. The van der Waals surface area contributed by atoms with Crippen molar-refractivity contribution in [1.29, 1.82) is 0 Å². The Morgan fingerprint density at radius 3 is 2.37 bits per heavy atom. The van der Waals surface area contributed by atoms with Gasteiger partial charge in [0.1, 0.15) is 5.66 Å². The lowest BCUT2D eigenvalue weighted by Gasteiger charge is -2.45. The van der Waals surface area contributed by atoms with E-state index in [1.807, 2.05) is 0 Å². The fourth-order valence-corrected chi connectivity index (χ4v) is 4.24. The van der Waals surface area contributed by atoms with Crippen molar-refractivity contribution in [3.05, 3.63) is 53.6 Å². The fourth-order valence-electron chi connectivity index (χ4n) is 4.24. The third kappa shape index (κ3) is 3.18. The molecule has 0 unspecified atom stereocenters. The first-order chi connectivity index (χ1) is 13.0. The normalized spacial score (nSPS) is 19.0. The SMILES string of the molecule is Cc1ccc(-c2cccc(N3C(N)=NC(N)=NC34CCCCC4)c2)cc1C. The van der Waals surface area contributed by atoms with Crippen LogP contribution in [0.3, 0.4) is 0 Å². The minimum absolute atomic E-state index is 0.288. The summed E-state index contributed by atoms with van der Waals surface area (Å²) >= 11 is 0. The van der Waals surface area contributed by atoms with Crippen molar-refractivity contribution in [1.82, 2.24) is 0 Å². The predicted octanol–water partition coefficient (Wildman–Crippen LogP) is 4.08. The van der Waals surface area contributed by atoms with Gasteiger partial charge in [-0.1, -0.05) is 36.8 Å². The molecule has 0 radical (unpaired) electrons. The molecule has 2 aromatic carbocycles. The molecule has 1 fully saturated rings. The number of aliphatic imine (C=N–C) groups is 2. The van der Waals surface area contributed by atoms with Crippen LogP contribution in [0.4, 0.5) is 5.69 Å². The molecule has 1 aliphatic carbocycles. The van der Waals surface area contributed by atoms with E-state index >= 15 is 0 Å². The van der Waals surface area contributed by atoms with E-state index in [0.29, 0.717) is 5.96 Å². The molecule has 5 heteroatoms. The second-order valence-electron chi connectivity index (χ2n) is 7.67. The highest BCUT2D eigenvalue weighted by Gasteiger charge is 2.42. The van der Waals surface area contributed by atoms with Crippen LogP contribution < -0.4 is 16.4 Å². The summed E-state index contributed by atoms with van der Waals surface area (Å²) in [4.78, 5) is 11.1. The minimum Gasteiger partial charge on any atom is -0.369 e. The molecule has 5 nitrogen and oxygen atoms in total. The van der Waals surface area contributed by atoms with Gasteiger partial charge in [0.2, 0.25) is 11.9 Å². The molecule has 2 aromatic rings. The molecule has 0 bridgehead atoms. The van der Waals surface area contributed by atoms with Gasteiger partial charge in [-0.25, -0.2) is 4.99 Å². The van der Waals surface area contributed by atoms with Crippen LogP contribution in [0, 0.1) is 13.8 Å². The number of aryl methyl sites for hydroxylation is 2. The Kier molecular flexibility index (Phi) is 4.38. The van der Waals surface area contributed by atoms with Crippen LogP contribution in [0.5, 0.6) is 0 Å². The van der Waals surface area contributed by atoms with Crippen LogP contribution in [-0.2, 0) is 0 Å². The van der Waals surface area contributed by atoms with E-state index < -0.39 is 5.66 Å². The molecule has 0 amide bonds. The van der Waals surface area contributed by atoms with Crippen molar-refractivity contribution >= 4 is 17.6 Å². The second kappa shape index (κ2) is 6.72. The Morgan fingerprint density at radius 1 is 0.889 bits per heavy atom. The van der Waals surface area contributed by atoms with Crippen LogP contribution >= 0.6 is 0 Å². The Hall–Kier alpha value is -2.82. The summed E-state index contributed by atoms with van der Waals surface area (Å²) in [7, 11) is 0. The van der Waals surface area contributed by atoms with Gasteiger partial charge in [-0.2, -0.15) is 4.99 Å². The maximum atomic E-state index is 6.35. The van der Waals surface area contributed by atoms with Crippen LogP contribution in [-0.4, -0.2) is 17.6 Å². The Labute approximate surface area is 160 Å². The molecule has 0 saturated heterocycles. The quantitative estimate of drug-likeness (QED) is 0.846. The number of guanidine groups is 2. The van der Waals surface area contributed by atoms with E-state index in [9.17, 15) is 0 Å². The fraction of sp³-hybridized carbons (Fsp3) is 0.364. The lowest BCUT2D eigenvalue weighted by molar-refractivity contribution is 0.305. The lowest BCUT2D eigenvalue weighted by atomic mass is 9.87. The van der Waals surface area contributed by atoms with E-state index in [-0.39, 0.29) is 5.96 Å². The first kappa shape index (κ1) is 17.6. The van der Waals surface area contributed by atoms with Crippen LogP contribution in [0.2, 0.25) is 0 Å². The van der Waals surface area contributed by atoms with E-state index in [1.54, 1.807) is 0 Å². The topological polar surface area (TPSA) is 80.0 Å². The molecule has 2 aliphatic rings. The number of anilines is 1. The van der Waals surface area contributed by atoms with Gasteiger partial charge in [-0.3, -0.25) is 4.90 Å². The monoisotopic (exact) mass is 361 g/mol. The average molecular weight is 361 g/mol. The van der Waals surface area contributed by atoms with Crippen molar-refractivity contribution in [2.45, 2.75) is 51.6 Å². The molecular formula is C22H27N5. The zero-order chi connectivity index (χ0) is 19.0. The highest BCUT2D eigenvalue weighted by Crippen LogP contribution is 2.40. The molecule has 1 saturated carbocycles. The molecule has 140 valence electrons. The summed E-state index contributed by atoms with van der Waals surface area (Å²) in [5.74, 6) is 0.720. The maximum Gasteiger partial charge on any atom is 0.220 e. The number of hydrogen-bond acceptors (Lipinski definition) is 5. The van der Waals surface area contributed by atoms with Gasteiger partial charge in [0.05, 0.1) is 0 Å². The number of benzene rings is 2. The molecule has 1 spiro atoms. The van der Waals surface area contributed by atoms with Crippen LogP contribution in [0.25, 0.3) is 11.1 Å². The van der Waals surface area contributed by atoms with E-state index in [4.69, 9.17) is 16.5 Å². The molecular weight excluding hydrogens is 334 g/mol. The lowest BCUT2D eigenvalue weighted by Crippen LogP contribution is -2.58. The summed E-state index contributed by atoms with van der Waals surface area (Å²) < 4.78 is 0. The summed E-state index contributed by atoms with van der Waals surface area (Å²) in [6, 6.07) is 15.0. The molecule has 1 heterocycles. The third-order valence-corrected chi connectivity index (χ3v) is 5.80. The Balaban J connectivity index is 1.78. The zero-order valence-corrected chi connectivity index (χ0v) is 16.1. The van der Waals surface area contributed by atoms with E-state index in [1.165, 1.54) is 23.1 Å². The first-order valence-electron chi connectivity index (χ1n) is 9.66. The van der Waals surface area contributed by atoms with Gasteiger partial charge < -0.3 is 11.5 Å². The number of nitrogens with zero attached hydrogens (tertiary/aromatic N) is 3. The average Bonchev–Trinajstić information content (AvgIpc) is 2.64.